The van der Waals surface area contributed by atoms with E-state index in [0.717, 1.165) is 25.1 Å². The summed E-state index contributed by atoms with van der Waals surface area (Å²) in [6, 6.07) is 17.6. The van der Waals surface area contributed by atoms with Crippen molar-refractivity contribution < 1.29 is 4.74 Å². The lowest BCUT2D eigenvalue weighted by Crippen LogP contribution is -2.25. The van der Waals surface area contributed by atoms with Gasteiger partial charge in [-0.2, -0.15) is 0 Å². The number of ether oxygens (including phenoxy) is 1. The molecule has 0 fully saturated rings. The maximum absolute atomic E-state index is 5.18. The number of nitrogens with one attached hydrogen (secondary N) is 1. The zero-order valence-electron chi connectivity index (χ0n) is 13.2. The summed E-state index contributed by atoms with van der Waals surface area (Å²) in [5, 5.41) is 3.59. The number of aryl methyl sites for hydroxylation is 2. The van der Waals surface area contributed by atoms with E-state index in [1.54, 1.807) is 7.11 Å². The maximum Gasteiger partial charge on any atom is 0.118 e. The van der Waals surface area contributed by atoms with Crippen LogP contribution in [0.1, 0.15) is 30.0 Å². The van der Waals surface area contributed by atoms with Crippen molar-refractivity contribution in [2.24, 2.45) is 0 Å². The zero-order valence-corrected chi connectivity index (χ0v) is 13.2. The van der Waals surface area contributed by atoms with Crippen LogP contribution in [0.3, 0.4) is 0 Å². The van der Waals surface area contributed by atoms with E-state index in [2.05, 4.69) is 55.6 Å². The summed E-state index contributed by atoms with van der Waals surface area (Å²) >= 11 is 0. The van der Waals surface area contributed by atoms with Gasteiger partial charge in [-0.15, -0.1) is 0 Å². The van der Waals surface area contributed by atoms with Gasteiger partial charge in [0.2, 0.25) is 0 Å². The molecular weight excluding hydrogens is 258 g/mol. The minimum Gasteiger partial charge on any atom is -0.497 e. The Balaban J connectivity index is 1.73. The number of benzene rings is 2. The second-order valence-electron chi connectivity index (χ2n) is 5.65. The third-order valence-corrected chi connectivity index (χ3v) is 3.80. The second-order valence-corrected chi connectivity index (χ2v) is 5.65. The molecule has 1 unspecified atom stereocenters. The summed E-state index contributed by atoms with van der Waals surface area (Å²) < 4.78 is 5.18. The molecule has 0 aromatic heterocycles. The third-order valence-electron chi connectivity index (χ3n) is 3.80. The molecule has 112 valence electrons. The van der Waals surface area contributed by atoms with E-state index in [1.807, 2.05) is 12.1 Å². The van der Waals surface area contributed by atoms with E-state index in [1.165, 1.54) is 16.7 Å². The Morgan fingerprint density at radius 3 is 2.19 bits per heavy atom. The summed E-state index contributed by atoms with van der Waals surface area (Å²) in [5.74, 6) is 0.921. The standard InChI is InChI=1S/C19H25NO/c1-15-4-7-18(8-5-15)14-20-16(2)6-9-17-10-12-19(21-3)13-11-17/h4-5,7-8,10-13,16,20H,6,9,14H2,1-3H3. The van der Waals surface area contributed by atoms with E-state index in [0.29, 0.717) is 6.04 Å². The average molecular weight is 283 g/mol. The Labute approximate surface area is 128 Å². The molecule has 0 saturated heterocycles. The molecule has 1 N–H and O–H groups in total. The van der Waals surface area contributed by atoms with Crippen LogP contribution in [0.15, 0.2) is 48.5 Å². The summed E-state index contributed by atoms with van der Waals surface area (Å²) in [6.45, 7) is 5.30. The molecule has 0 heterocycles. The van der Waals surface area contributed by atoms with Gasteiger partial charge in [-0.05, 0) is 49.9 Å². The number of hydrogen-bond donors (Lipinski definition) is 1. The molecule has 2 rings (SSSR count). The van der Waals surface area contributed by atoms with E-state index in [9.17, 15) is 0 Å². The van der Waals surface area contributed by atoms with Crippen LogP contribution in [0.25, 0.3) is 0 Å². The number of hydrogen-bond acceptors (Lipinski definition) is 2. The van der Waals surface area contributed by atoms with Crippen molar-refractivity contribution in [3.05, 3.63) is 65.2 Å². The van der Waals surface area contributed by atoms with Crippen molar-refractivity contribution in [3.63, 3.8) is 0 Å². The fraction of sp³-hybridized carbons (Fsp3) is 0.368. The van der Waals surface area contributed by atoms with Crippen molar-refractivity contribution in [2.75, 3.05) is 7.11 Å². The van der Waals surface area contributed by atoms with Crippen molar-refractivity contribution >= 4 is 0 Å². The molecule has 0 spiro atoms. The fourth-order valence-electron chi connectivity index (χ4n) is 2.28. The van der Waals surface area contributed by atoms with Crippen molar-refractivity contribution in [1.29, 1.82) is 0 Å². The van der Waals surface area contributed by atoms with E-state index >= 15 is 0 Å². The van der Waals surface area contributed by atoms with Crippen LogP contribution in [-0.4, -0.2) is 13.2 Å². The van der Waals surface area contributed by atoms with E-state index in [4.69, 9.17) is 4.74 Å². The molecule has 0 radical (unpaired) electrons. The first-order valence-electron chi connectivity index (χ1n) is 7.59. The molecule has 1 atom stereocenters. The number of methoxy groups -OCH3 is 1. The molecule has 2 heteroatoms. The highest BCUT2D eigenvalue weighted by molar-refractivity contribution is 5.27. The molecule has 0 aliphatic carbocycles. The smallest absolute Gasteiger partial charge is 0.118 e. The predicted molar refractivity (Wildman–Crippen MR) is 88.8 cm³/mol. The first-order valence-corrected chi connectivity index (χ1v) is 7.59. The molecule has 2 nitrogen and oxygen atoms in total. The molecule has 0 aliphatic rings. The van der Waals surface area contributed by atoms with E-state index < -0.39 is 0 Å². The zero-order chi connectivity index (χ0) is 15.1. The largest absolute Gasteiger partial charge is 0.497 e. The summed E-state index contributed by atoms with van der Waals surface area (Å²) in [7, 11) is 1.70. The predicted octanol–water partition coefficient (Wildman–Crippen LogP) is 4.11. The maximum atomic E-state index is 5.18. The molecule has 0 amide bonds. The lowest BCUT2D eigenvalue weighted by Gasteiger charge is -2.14. The molecule has 0 aliphatic heterocycles. The topological polar surface area (TPSA) is 21.3 Å². The Bertz CT molecular complexity index is 530. The highest BCUT2D eigenvalue weighted by Crippen LogP contribution is 2.13. The van der Waals surface area contributed by atoms with Crippen LogP contribution < -0.4 is 10.1 Å². The van der Waals surface area contributed by atoms with Gasteiger partial charge in [-0.3, -0.25) is 0 Å². The fourth-order valence-corrected chi connectivity index (χ4v) is 2.28. The Hall–Kier alpha value is -1.80. The first-order chi connectivity index (χ1) is 10.2. The first kappa shape index (κ1) is 15.6. The third kappa shape index (κ3) is 5.24. The minimum absolute atomic E-state index is 0.508. The SMILES string of the molecule is COc1ccc(CCC(C)NCc2ccc(C)cc2)cc1. The normalized spacial score (nSPS) is 12.1. The Morgan fingerprint density at radius 2 is 1.57 bits per heavy atom. The molecule has 2 aromatic rings. The van der Waals surface area contributed by atoms with Crippen LogP contribution in [0.2, 0.25) is 0 Å². The van der Waals surface area contributed by atoms with Gasteiger partial charge in [0.05, 0.1) is 7.11 Å². The molecule has 21 heavy (non-hydrogen) atoms. The van der Waals surface area contributed by atoms with Gasteiger partial charge in [0, 0.05) is 12.6 Å². The van der Waals surface area contributed by atoms with Gasteiger partial charge >= 0.3 is 0 Å². The quantitative estimate of drug-likeness (QED) is 0.825. The lowest BCUT2D eigenvalue weighted by atomic mass is 10.1. The van der Waals surface area contributed by atoms with Gasteiger partial charge in [-0.25, -0.2) is 0 Å². The second kappa shape index (κ2) is 7.84. The van der Waals surface area contributed by atoms with E-state index in [-0.39, 0.29) is 0 Å². The molecular formula is C19H25NO. The van der Waals surface area contributed by atoms with Gasteiger partial charge < -0.3 is 10.1 Å². The van der Waals surface area contributed by atoms with Gasteiger partial charge in [-0.1, -0.05) is 42.0 Å². The van der Waals surface area contributed by atoms with Crippen LogP contribution in [0, 0.1) is 6.92 Å². The minimum atomic E-state index is 0.508. The highest BCUT2D eigenvalue weighted by Gasteiger charge is 2.03. The highest BCUT2D eigenvalue weighted by atomic mass is 16.5. The van der Waals surface area contributed by atoms with Gasteiger partial charge in [0.15, 0.2) is 0 Å². The Kier molecular flexibility index (Phi) is 5.82. The van der Waals surface area contributed by atoms with Crippen LogP contribution in [0.5, 0.6) is 5.75 Å². The molecule has 0 bridgehead atoms. The Morgan fingerprint density at radius 1 is 0.952 bits per heavy atom. The summed E-state index contributed by atoms with van der Waals surface area (Å²) in [5.41, 5.74) is 4.02. The van der Waals surface area contributed by atoms with Crippen molar-refractivity contribution in [2.45, 2.75) is 39.3 Å². The number of rotatable bonds is 7. The average Bonchev–Trinajstić information content (AvgIpc) is 2.53. The van der Waals surface area contributed by atoms with Gasteiger partial charge in [0.25, 0.3) is 0 Å². The van der Waals surface area contributed by atoms with Crippen molar-refractivity contribution in [3.8, 4) is 5.75 Å². The van der Waals surface area contributed by atoms with Crippen molar-refractivity contribution in [1.82, 2.24) is 5.32 Å². The van der Waals surface area contributed by atoms with Crippen LogP contribution >= 0.6 is 0 Å². The molecule has 0 saturated carbocycles. The van der Waals surface area contributed by atoms with Crippen LogP contribution in [-0.2, 0) is 13.0 Å². The summed E-state index contributed by atoms with van der Waals surface area (Å²) in [4.78, 5) is 0. The summed E-state index contributed by atoms with van der Waals surface area (Å²) in [6.07, 6.45) is 2.23. The monoisotopic (exact) mass is 283 g/mol. The lowest BCUT2D eigenvalue weighted by molar-refractivity contribution is 0.414. The molecule has 2 aromatic carbocycles. The van der Waals surface area contributed by atoms with Gasteiger partial charge in [0.1, 0.15) is 5.75 Å². The van der Waals surface area contributed by atoms with Crippen LogP contribution in [0.4, 0.5) is 0 Å².